The van der Waals surface area contributed by atoms with Crippen molar-refractivity contribution < 1.29 is 5.11 Å². The molecule has 1 aliphatic rings. The Labute approximate surface area is 94.9 Å². The van der Waals surface area contributed by atoms with Gasteiger partial charge in [-0.15, -0.1) is 0 Å². The van der Waals surface area contributed by atoms with Crippen molar-refractivity contribution in [1.82, 2.24) is 4.98 Å². The van der Waals surface area contributed by atoms with Crippen molar-refractivity contribution in [1.29, 1.82) is 5.26 Å². The lowest BCUT2D eigenvalue weighted by molar-refractivity contribution is 0.138. The minimum absolute atomic E-state index is 0.175. The van der Waals surface area contributed by atoms with E-state index >= 15 is 0 Å². The van der Waals surface area contributed by atoms with Crippen molar-refractivity contribution >= 4 is 5.82 Å². The predicted molar refractivity (Wildman–Crippen MR) is 60.8 cm³/mol. The zero-order valence-electron chi connectivity index (χ0n) is 9.06. The van der Waals surface area contributed by atoms with Gasteiger partial charge in [0, 0.05) is 18.7 Å². The third-order valence-corrected chi connectivity index (χ3v) is 3.06. The molecule has 2 N–H and O–H groups in total. The number of anilines is 1. The first-order chi connectivity index (χ1) is 7.79. The number of aromatic nitrogens is 1. The van der Waals surface area contributed by atoms with Crippen molar-refractivity contribution in [3.05, 3.63) is 23.9 Å². The van der Waals surface area contributed by atoms with E-state index in [9.17, 15) is 5.11 Å². The van der Waals surface area contributed by atoms with Crippen LogP contribution in [0.3, 0.4) is 0 Å². The van der Waals surface area contributed by atoms with Gasteiger partial charge in [-0.3, -0.25) is 0 Å². The Balaban J connectivity index is 1.87. The molecule has 0 amide bonds. The molecule has 1 aromatic rings. The lowest BCUT2D eigenvalue weighted by Gasteiger charge is -2.15. The number of rotatable bonds is 3. The number of hydrogen-bond donors (Lipinski definition) is 2. The maximum Gasteiger partial charge on any atom is 0.125 e. The van der Waals surface area contributed by atoms with Gasteiger partial charge in [-0.05, 0) is 25.0 Å². The van der Waals surface area contributed by atoms with Gasteiger partial charge in [0.2, 0.25) is 0 Å². The summed E-state index contributed by atoms with van der Waals surface area (Å²) in [5.41, 5.74) is 0.562. The molecule has 2 rings (SSSR count). The molecule has 0 aromatic carbocycles. The van der Waals surface area contributed by atoms with Gasteiger partial charge in [-0.25, -0.2) is 4.98 Å². The quantitative estimate of drug-likeness (QED) is 0.805. The summed E-state index contributed by atoms with van der Waals surface area (Å²) in [6, 6.07) is 5.56. The molecule has 2 unspecified atom stereocenters. The van der Waals surface area contributed by atoms with Crippen LogP contribution in [0.4, 0.5) is 5.82 Å². The van der Waals surface area contributed by atoms with Crippen LogP contribution in [-0.4, -0.2) is 22.7 Å². The maximum atomic E-state index is 9.65. The van der Waals surface area contributed by atoms with Crippen molar-refractivity contribution in [2.24, 2.45) is 5.92 Å². The van der Waals surface area contributed by atoms with E-state index in [-0.39, 0.29) is 6.10 Å². The lowest BCUT2D eigenvalue weighted by atomic mass is 10.1. The van der Waals surface area contributed by atoms with Gasteiger partial charge >= 0.3 is 0 Å². The third kappa shape index (κ3) is 2.50. The minimum atomic E-state index is -0.175. The number of nitriles is 1. The summed E-state index contributed by atoms with van der Waals surface area (Å²) in [4.78, 5) is 4.12. The van der Waals surface area contributed by atoms with Crippen LogP contribution in [0.1, 0.15) is 24.8 Å². The molecule has 84 valence electrons. The Kier molecular flexibility index (Phi) is 3.37. The zero-order chi connectivity index (χ0) is 11.4. The molecule has 4 heteroatoms. The molecular formula is C12H15N3O. The lowest BCUT2D eigenvalue weighted by Crippen LogP contribution is -2.22. The number of aliphatic hydroxyl groups is 1. The third-order valence-electron chi connectivity index (χ3n) is 3.06. The topological polar surface area (TPSA) is 68.9 Å². The number of nitrogens with one attached hydrogen (secondary N) is 1. The van der Waals surface area contributed by atoms with E-state index < -0.39 is 0 Å². The van der Waals surface area contributed by atoms with Gasteiger partial charge in [-0.2, -0.15) is 5.26 Å². The van der Waals surface area contributed by atoms with Crippen molar-refractivity contribution in [2.75, 3.05) is 11.9 Å². The van der Waals surface area contributed by atoms with Crippen LogP contribution in [0.2, 0.25) is 0 Å². The van der Waals surface area contributed by atoms with Gasteiger partial charge < -0.3 is 10.4 Å². The normalized spacial score (nSPS) is 24.0. The van der Waals surface area contributed by atoms with Crippen LogP contribution in [0.5, 0.6) is 0 Å². The molecule has 2 atom stereocenters. The van der Waals surface area contributed by atoms with Crippen LogP contribution in [-0.2, 0) is 0 Å². The zero-order valence-corrected chi connectivity index (χ0v) is 9.06. The standard InChI is InChI=1S/C12H15N3O/c13-6-9-4-5-12(14-7-9)15-8-10-2-1-3-11(10)16/h4-5,7,10-11,16H,1-3,8H2,(H,14,15). The second-order valence-corrected chi connectivity index (χ2v) is 4.18. The summed E-state index contributed by atoms with van der Waals surface area (Å²) in [5.74, 6) is 1.09. The minimum Gasteiger partial charge on any atom is -0.393 e. The molecule has 0 spiro atoms. The van der Waals surface area contributed by atoms with E-state index in [1.54, 1.807) is 18.3 Å². The molecule has 0 bridgehead atoms. The second kappa shape index (κ2) is 4.95. The first kappa shape index (κ1) is 10.9. The number of aliphatic hydroxyl groups excluding tert-OH is 1. The maximum absolute atomic E-state index is 9.65. The van der Waals surface area contributed by atoms with Crippen LogP contribution >= 0.6 is 0 Å². The molecular weight excluding hydrogens is 202 g/mol. The number of hydrogen-bond acceptors (Lipinski definition) is 4. The van der Waals surface area contributed by atoms with Gasteiger partial charge in [0.05, 0.1) is 11.7 Å². The number of pyridine rings is 1. The molecule has 1 aromatic heterocycles. The average molecular weight is 217 g/mol. The molecule has 16 heavy (non-hydrogen) atoms. The fourth-order valence-corrected chi connectivity index (χ4v) is 2.06. The predicted octanol–water partition coefficient (Wildman–Crippen LogP) is 1.53. The molecule has 1 heterocycles. The molecule has 0 radical (unpaired) electrons. The Morgan fingerprint density at radius 1 is 1.50 bits per heavy atom. The van der Waals surface area contributed by atoms with Gasteiger partial charge in [0.25, 0.3) is 0 Å². The Hall–Kier alpha value is -1.60. The Bertz CT molecular complexity index is 382. The molecule has 0 aliphatic heterocycles. The van der Waals surface area contributed by atoms with E-state index in [4.69, 9.17) is 5.26 Å². The monoisotopic (exact) mass is 217 g/mol. The van der Waals surface area contributed by atoms with Crippen LogP contribution in [0.25, 0.3) is 0 Å². The van der Waals surface area contributed by atoms with Gasteiger partial charge in [0.15, 0.2) is 0 Å². The van der Waals surface area contributed by atoms with Crippen LogP contribution < -0.4 is 5.32 Å². The van der Waals surface area contributed by atoms with Crippen molar-refractivity contribution in [2.45, 2.75) is 25.4 Å². The Morgan fingerprint density at radius 3 is 2.94 bits per heavy atom. The van der Waals surface area contributed by atoms with E-state index in [1.807, 2.05) is 6.07 Å². The SMILES string of the molecule is N#Cc1ccc(NCC2CCCC2O)nc1. The van der Waals surface area contributed by atoms with Crippen LogP contribution in [0.15, 0.2) is 18.3 Å². The van der Waals surface area contributed by atoms with E-state index in [2.05, 4.69) is 10.3 Å². The van der Waals surface area contributed by atoms with E-state index in [1.165, 1.54) is 0 Å². The van der Waals surface area contributed by atoms with E-state index in [0.717, 1.165) is 31.6 Å². The fourth-order valence-electron chi connectivity index (χ4n) is 2.06. The summed E-state index contributed by atoms with van der Waals surface area (Å²) in [6.07, 6.45) is 4.46. The highest BCUT2D eigenvalue weighted by molar-refractivity contribution is 5.38. The van der Waals surface area contributed by atoms with Crippen molar-refractivity contribution in [3.63, 3.8) is 0 Å². The highest BCUT2D eigenvalue weighted by Gasteiger charge is 2.24. The second-order valence-electron chi connectivity index (χ2n) is 4.18. The van der Waals surface area contributed by atoms with Crippen LogP contribution in [0, 0.1) is 17.2 Å². The smallest absolute Gasteiger partial charge is 0.125 e. The fraction of sp³-hybridized carbons (Fsp3) is 0.500. The molecule has 0 saturated heterocycles. The highest BCUT2D eigenvalue weighted by atomic mass is 16.3. The molecule has 4 nitrogen and oxygen atoms in total. The van der Waals surface area contributed by atoms with Gasteiger partial charge in [-0.1, -0.05) is 6.42 Å². The summed E-state index contributed by atoms with van der Waals surface area (Å²) in [6.45, 7) is 0.750. The van der Waals surface area contributed by atoms with Gasteiger partial charge in [0.1, 0.15) is 11.9 Å². The largest absolute Gasteiger partial charge is 0.393 e. The summed E-state index contributed by atoms with van der Waals surface area (Å²) in [5, 5.41) is 21.5. The van der Waals surface area contributed by atoms with E-state index in [0.29, 0.717) is 11.5 Å². The van der Waals surface area contributed by atoms with Crippen molar-refractivity contribution in [3.8, 4) is 6.07 Å². The molecule has 1 saturated carbocycles. The number of nitrogens with zero attached hydrogens (tertiary/aromatic N) is 2. The first-order valence-corrected chi connectivity index (χ1v) is 5.57. The average Bonchev–Trinajstić information content (AvgIpc) is 2.73. The summed E-state index contributed by atoms with van der Waals surface area (Å²) < 4.78 is 0. The Morgan fingerprint density at radius 2 is 2.38 bits per heavy atom. The molecule has 1 aliphatic carbocycles. The first-order valence-electron chi connectivity index (χ1n) is 5.57. The summed E-state index contributed by atoms with van der Waals surface area (Å²) in [7, 11) is 0. The summed E-state index contributed by atoms with van der Waals surface area (Å²) >= 11 is 0. The molecule has 1 fully saturated rings. The highest BCUT2D eigenvalue weighted by Crippen LogP contribution is 2.25.